The summed E-state index contributed by atoms with van der Waals surface area (Å²) in [6.45, 7) is 2.32. The van der Waals surface area contributed by atoms with Crippen LogP contribution in [0.2, 0.25) is 0 Å². The van der Waals surface area contributed by atoms with Gasteiger partial charge in [0.15, 0.2) is 0 Å². The van der Waals surface area contributed by atoms with Crippen molar-refractivity contribution in [1.29, 1.82) is 5.26 Å². The smallest absolute Gasteiger partial charge is 0.237 e. The standard InChI is InChI=1S/C11H14N2O2/c1-2-9(8-12)11(14)13-6-5-10-4-3-7-15-10/h3-4,7,9H,2,5-6H2,1H3,(H,13,14). The van der Waals surface area contributed by atoms with Crippen LogP contribution in [0.3, 0.4) is 0 Å². The Bertz CT molecular complexity index is 338. The van der Waals surface area contributed by atoms with Gasteiger partial charge in [-0.05, 0) is 18.6 Å². The lowest BCUT2D eigenvalue weighted by atomic mass is 10.1. The minimum Gasteiger partial charge on any atom is -0.469 e. The Morgan fingerprint density at radius 2 is 2.53 bits per heavy atom. The van der Waals surface area contributed by atoms with Crippen molar-refractivity contribution in [2.24, 2.45) is 5.92 Å². The number of nitrogens with one attached hydrogen (secondary N) is 1. The second-order valence-corrected chi connectivity index (χ2v) is 3.21. The van der Waals surface area contributed by atoms with Crippen LogP contribution < -0.4 is 5.32 Å². The summed E-state index contributed by atoms with van der Waals surface area (Å²) in [5.41, 5.74) is 0. The molecule has 1 aromatic heterocycles. The van der Waals surface area contributed by atoms with E-state index in [0.717, 1.165) is 5.76 Å². The fourth-order valence-corrected chi connectivity index (χ4v) is 1.22. The third-order valence-electron chi connectivity index (χ3n) is 2.13. The zero-order chi connectivity index (χ0) is 11.1. The number of carbonyl (C=O) groups is 1. The molecule has 0 aliphatic carbocycles. The molecule has 1 N–H and O–H groups in total. The first-order chi connectivity index (χ1) is 7.27. The van der Waals surface area contributed by atoms with Gasteiger partial charge < -0.3 is 9.73 Å². The lowest BCUT2D eigenvalue weighted by molar-refractivity contribution is -0.123. The number of amides is 1. The van der Waals surface area contributed by atoms with Crippen LogP contribution in [0.15, 0.2) is 22.8 Å². The van der Waals surface area contributed by atoms with E-state index >= 15 is 0 Å². The van der Waals surface area contributed by atoms with Crippen LogP contribution in [0, 0.1) is 17.2 Å². The van der Waals surface area contributed by atoms with Gasteiger partial charge in [-0.3, -0.25) is 4.79 Å². The first-order valence-electron chi connectivity index (χ1n) is 4.97. The van der Waals surface area contributed by atoms with E-state index in [9.17, 15) is 4.79 Å². The molecule has 1 rings (SSSR count). The summed E-state index contributed by atoms with van der Waals surface area (Å²) in [5.74, 6) is 0.0912. The average Bonchev–Trinajstić information content (AvgIpc) is 2.72. The summed E-state index contributed by atoms with van der Waals surface area (Å²) in [6.07, 6.45) is 2.80. The Kier molecular flexibility index (Phi) is 4.42. The molecule has 80 valence electrons. The topological polar surface area (TPSA) is 66.0 Å². The van der Waals surface area contributed by atoms with E-state index in [1.807, 2.05) is 19.1 Å². The first-order valence-corrected chi connectivity index (χ1v) is 4.97. The number of hydrogen-bond donors (Lipinski definition) is 1. The second-order valence-electron chi connectivity index (χ2n) is 3.21. The van der Waals surface area contributed by atoms with Gasteiger partial charge in [0.2, 0.25) is 5.91 Å². The van der Waals surface area contributed by atoms with Gasteiger partial charge in [0.25, 0.3) is 0 Å². The van der Waals surface area contributed by atoms with Crippen LogP contribution in [0.1, 0.15) is 19.1 Å². The van der Waals surface area contributed by atoms with Gasteiger partial charge in [-0.2, -0.15) is 5.26 Å². The summed E-state index contributed by atoms with van der Waals surface area (Å²) in [5, 5.41) is 11.4. The van der Waals surface area contributed by atoms with E-state index < -0.39 is 5.92 Å². The molecule has 0 aliphatic heterocycles. The minimum absolute atomic E-state index is 0.202. The van der Waals surface area contributed by atoms with Crippen LogP contribution in [-0.4, -0.2) is 12.5 Å². The largest absolute Gasteiger partial charge is 0.469 e. The van der Waals surface area contributed by atoms with Crippen LogP contribution in [-0.2, 0) is 11.2 Å². The monoisotopic (exact) mass is 206 g/mol. The molecule has 0 aliphatic rings. The molecule has 1 amide bonds. The molecule has 1 heterocycles. The normalized spacial score (nSPS) is 11.7. The molecule has 0 bridgehead atoms. The molecule has 1 aromatic rings. The number of nitrogens with zero attached hydrogens (tertiary/aromatic N) is 1. The summed E-state index contributed by atoms with van der Waals surface area (Å²) in [7, 11) is 0. The summed E-state index contributed by atoms with van der Waals surface area (Å²) < 4.78 is 5.11. The summed E-state index contributed by atoms with van der Waals surface area (Å²) >= 11 is 0. The van der Waals surface area contributed by atoms with E-state index in [0.29, 0.717) is 19.4 Å². The van der Waals surface area contributed by atoms with Gasteiger partial charge in [0.1, 0.15) is 11.7 Å². The van der Waals surface area contributed by atoms with Crippen LogP contribution in [0.4, 0.5) is 0 Å². The molecule has 15 heavy (non-hydrogen) atoms. The molecular weight excluding hydrogens is 192 g/mol. The van der Waals surface area contributed by atoms with E-state index in [1.54, 1.807) is 12.3 Å². The van der Waals surface area contributed by atoms with Crippen molar-refractivity contribution in [3.8, 4) is 6.07 Å². The Morgan fingerprint density at radius 3 is 3.07 bits per heavy atom. The highest BCUT2D eigenvalue weighted by Crippen LogP contribution is 2.02. The Morgan fingerprint density at radius 1 is 1.73 bits per heavy atom. The van der Waals surface area contributed by atoms with Gasteiger partial charge in [-0.25, -0.2) is 0 Å². The molecule has 0 aromatic carbocycles. The zero-order valence-corrected chi connectivity index (χ0v) is 8.69. The SMILES string of the molecule is CCC(C#N)C(=O)NCCc1ccco1. The van der Waals surface area contributed by atoms with E-state index in [-0.39, 0.29) is 5.91 Å². The average molecular weight is 206 g/mol. The van der Waals surface area contributed by atoms with E-state index in [4.69, 9.17) is 9.68 Å². The predicted octanol–water partition coefficient (Wildman–Crippen LogP) is 1.49. The number of rotatable bonds is 5. The second kappa shape index (κ2) is 5.86. The van der Waals surface area contributed by atoms with Crippen LogP contribution in [0.25, 0.3) is 0 Å². The molecule has 0 spiro atoms. The quantitative estimate of drug-likeness (QED) is 0.793. The molecule has 0 radical (unpaired) electrons. The highest BCUT2D eigenvalue weighted by Gasteiger charge is 2.14. The first kappa shape index (κ1) is 11.3. The van der Waals surface area contributed by atoms with Gasteiger partial charge in [0.05, 0.1) is 12.3 Å². The highest BCUT2D eigenvalue weighted by molar-refractivity contribution is 5.80. The van der Waals surface area contributed by atoms with E-state index in [1.165, 1.54) is 0 Å². The van der Waals surface area contributed by atoms with Gasteiger partial charge in [-0.1, -0.05) is 6.92 Å². The number of nitriles is 1. The summed E-state index contributed by atoms with van der Waals surface area (Å²) in [6, 6.07) is 5.62. The van der Waals surface area contributed by atoms with E-state index in [2.05, 4.69) is 5.32 Å². The fourth-order valence-electron chi connectivity index (χ4n) is 1.22. The lowest BCUT2D eigenvalue weighted by Gasteiger charge is -2.06. The number of hydrogen-bond acceptors (Lipinski definition) is 3. The van der Waals surface area contributed by atoms with Crippen molar-refractivity contribution >= 4 is 5.91 Å². The third-order valence-corrected chi connectivity index (χ3v) is 2.13. The maximum atomic E-state index is 11.4. The van der Waals surface area contributed by atoms with Crippen molar-refractivity contribution in [2.45, 2.75) is 19.8 Å². The maximum Gasteiger partial charge on any atom is 0.237 e. The fraction of sp³-hybridized carbons (Fsp3) is 0.455. The summed E-state index contributed by atoms with van der Waals surface area (Å²) in [4.78, 5) is 11.4. The number of furan rings is 1. The Hall–Kier alpha value is -1.76. The van der Waals surface area contributed by atoms with Crippen molar-refractivity contribution in [1.82, 2.24) is 5.32 Å². The molecule has 0 saturated heterocycles. The van der Waals surface area contributed by atoms with Crippen LogP contribution >= 0.6 is 0 Å². The predicted molar refractivity (Wildman–Crippen MR) is 54.8 cm³/mol. The van der Waals surface area contributed by atoms with Crippen molar-refractivity contribution in [3.63, 3.8) is 0 Å². The molecule has 1 unspecified atom stereocenters. The Balaban J connectivity index is 2.26. The van der Waals surface area contributed by atoms with Gasteiger partial charge in [-0.15, -0.1) is 0 Å². The van der Waals surface area contributed by atoms with Crippen molar-refractivity contribution < 1.29 is 9.21 Å². The lowest BCUT2D eigenvalue weighted by Crippen LogP contribution is -2.31. The molecule has 4 heteroatoms. The van der Waals surface area contributed by atoms with Crippen molar-refractivity contribution in [2.75, 3.05) is 6.54 Å². The maximum absolute atomic E-state index is 11.4. The zero-order valence-electron chi connectivity index (χ0n) is 8.69. The number of carbonyl (C=O) groups excluding carboxylic acids is 1. The molecule has 0 saturated carbocycles. The van der Waals surface area contributed by atoms with Gasteiger partial charge in [0, 0.05) is 13.0 Å². The van der Waals surface area contributed by atoms with Crippen LogP contribution in [0.5, 0.6) is 0 Å². The Labute approximate surface area is 88.9 Å². The van der Waals surface area contributed by atoms with Crippen molar-refractivity contribution in [3.05, 3.63) is 24.2 Å². The minimum atomic E-state index is -0.540. The van der Waals surface area contributed by atoms with Gasteiger partial charge >= 0.3 is 0 Å². The molecule has 4 nitrogen and oxygen atoms in total. The molecule has 1 atom stereocenters. The molecular formula is C11H14N2O2. The third kappa shape index (κ3) is 3.47. The highest BCUT2D eigenvalue weighted by atomic mass is 16.3. The molecule has 0 fully saturated rings.